The summed E-state index contributed by atoms with van der Waals surface area (Å²) in [4.78, 5) is 0. The molecule has 0 aliphatic rings. The van der Waals surface area contributed by atoms with Crippen molar-refractivity contribution < 1.29 is 0 Å². The Labute approximate surface area is 75.9 Å². The van der Waals surface area contributed by atoms with Crippen LogP contribution in [0.2, 0.25) is 0 Å². The average molecular weight is 212 g/mol. The molecule has 0 aromatic rings. The van der Waals surface area contributed by atoms with E-state index in [1.54, 1.807) is 13.0 Å². The molecular formula is C9H10BrN. The SMILES string of the molecule is C=C/C=C(\C=C(/C)C#N)CBr. The lowest BCUT2D eigenvalue weighted by molar-refractivity contribution is 1.41. The fourth-order valence-corrected chi connectivity index (χ4v) is 0.942. The summed E-state index contributed by atoms with van der Waals surface area (Å²) in [5, 5.41) is 9.21. The predicted molar refractivity (Wildman–Crippen MR) is 51.4 cm³/mol. The molecule has 0 N–H and O–H groups in total. The van der Waals surface area contributed by atoms with Crippen molar-refractivity contribution in [2.75, 3.05) is 5.33 Å². The van der Waals surface area contributed by atoms with E-state index >= 15 is 0 Å². The Morgan fingerprint density at radius 3 is 2.73 bits per heavy atom. The molecule has 0 rings (SSSR count). The van der Waals surface area contributed by atoms with Gasteiger partial charge in [0.1, 0.15) is 0 Å². The lowest BCUT2D eigenvalue weighted by Gasteiger charge is -1.92. The first-order valence-corrected chi connectivity index (χ1v) is 4.32. The van der Waals surface area contributed by atoms with Crippen LogP contribution in [0.4, 0.5) is 0 Å². The fraction of sp³-hybridized carbons (Fsp3) is 0.222. The highest BCUT2D eigenvalue weighted by Gasteiger charge is 1.89. The second-order valence-electron chi connectivity index (χ2n) is 2.05. The smallest absolute Gasteiger partial charge is 0.0944 e. The molecule has 1 nitrogen and oxygen atoms in total. The Morgan fingerprint density at radius 1 is 1.73 bits per heavy atom. The lowest BCUT2D eigenvalue weighted by Crippen LogP contribution is -1.79. The van der Waals surface area contributed by atoms with Crippen molar-refractivity contribution in [2.45, 2.75) is 6.92 Å². The zero-order valence-electron chi connectivity index (χ0n) is 6.47. The van der Waals surface area contributed by atoms with Gasteiger partial charge >= 0.3 is 0 Å². The molecule has 0 aliphatic heterocycles. The number of nitriles is 1. The van der Waals surface area contributed by atoms with Gasteiger partial charge in [0.25, 0.3) is 0 Å². The van der Waals surface area contributed by atoms with Gasteiger partial charge in [0.05, 0.1) is 6.07 Å². The van der Waals surface area contributed by atoms with E-state index in [1.807, 2.05) is 12.2 Å². The molecule has 0 atom stereocenters. The van der Waals surface area contributed by atoms with Gasteiger partial charge in [-0.3, -0.25) is 0 Å². The standard InChI is InChI=1S/C9H10BrN/c1-3-4-9(6-10)5-8(2)7-11/h3-5H,1,6H2,2H3/b8-5+,9-4+. The quantitative estimate of drug-likeness (QED) is 0.400. The number of allylic oxidation sites excluding steroid dienone is 5. The van der Waals surface area contributed by atoms with E-state index in [-0.39, 0.29) is 0 Å². The number of hydrogen-bond acceptors (Lipinski definition) is 1. The molecule has 0 saturated heterocycles. The zero-order valence-corrected chi connectivity index (χ0v) is 8.06. The van der Waals surface area contributed by atoms with E-state index in [1.165, 1.54) is 0 Å². The number of rotatable bonds is 3. The predicted octanol–water partition coefficient (Wildman–Crippen LogP) is 2.96. The van der Waals surface area contributed by atoms with Gasteiger partial charge in [-0.1, -0.05) is 34.7 Å². The van der Waals surface area contributed by atoms with Gasteiger partial charge in [0.15, 0.2) is 0 Å². The summed E-state index contributed by atoms with van der Waals surface area (Å²) in [5.41, 5.74) is 1.76. The summed E-state index contributed by atoms with van der Waals surface area (Å²) in [6.45, 7) is 5.35. The summed E-state index contributed by atoms with van der Waals surface area (Å²) >= 11 is 3.30. The van der Waals surface area contributed by atoms with Gasteiger partial charge < -0.3 is 0 Å². The summed E-state index contributed by atoms with van der Waals surface area (Å²) in [6, 6.07) is 2.05. The van der Waals surface area contributed by atoms with Gasteiger partial charge in [-0.2, -0.15) is 5.26 Å². The minimum Gasteiger partial charge on any atom is -0.193 e. The monoisotopic (exact) mass is 211 g/mol. The van der Waals surface area contributed by atoms with E-state index in [2.05, 4.69) is 28.6 Å². The molecule has 0 amide bonds. The number of alkyl halides is 1. The van der Waals surface area contributed by atoms with Crippen LogP contribution >= 0.6 is 15.9 Å². The molecule has 58 valence electrons. The van der Waals surface area contributed by atoms with Crippen LogP contribution in [0.1, 0.15) is 6.92 Å². The Bertz CT molecular complexity index is 230. The first kappa shape index (κ1) is 10.2. The highest BCUT2D eigenvalue weighted by atomic mass is 79.9. The maximum atomic E-state index is 8.46. The number of nitrogens with zero attached hydrogens (tertiary/aromatic N) is 1. The van der Waals surface area contributed by atoms with E-state index in [0.29, 0.717) is 5.57 Å². The van der Waals surface area contributed by atoms with Crippen molar-refractivity contribution in [3.05, 3.63) is 36.0 Å². The largest absolute Gasteiger partial charge is 0.193 e. The van der Waals surface area contributed by atoms with Crippen LogP contribution in [0.3, 0.4) is 0 Å². The molecule has 0 aromatic heterocycles. The van der Waals surface area contributed by atoms with Crippen molar-refractivity contribution in [3.8, 4) is 6.07 Å². The third-order valence-electron chi connectivity index (χ3n) is 1.06. The molecule has 2 heteroatoms. The Kier molecular flexibility index (Phi) is 5.50. The molecule has 0 aliphatic carbocycles. The van der Waals surface area contributed by atoms with Crippen LogP contribution in [-0.4, -0.2) is 5.33 Å². The summed E-state index contributed by atoms with van der Waals surface area (Å²) < 4.78 is 0. The van der Waals surface area contributed by atoms with Gasteiger partial charge in [0.2, 0.25) is 0 Å². The average Bonchev–Trinajstić information content (AvgIpc) is 2.03. The maximum absolute atomic E-state index is 8.46. The fourth-order valence-electron chi connectivity index (χ4n) is 0.593. The molecule has 0 spiro atoms. The molecule has 0 saturated carbocycles. The third-order valence-corrected chi connectivity index (χ3v) is 1.71. The molecule has 0 radical (unpaired) electrons. The molecular weight excluding hydrogens is 202 g/mol. The zero-order chi connectivity index (χ0) is 8.69. The summed E-state index contributed by atoms with van der Waals surface area (Å²) in [6.07, 6.45) is 5.41. The second kappa shape index (κ2) is 5.94. The topological polar surface area (TPSA) is 23.8 Å². The van der Waals surface area contributed by atoms with Crippen LogP contribution in [0, 0.1) is 11.3 Å². The third kappa shape index (κ3) is 4.58. The van der Waals surface area contributed by atoms with Crippen LogP contribution < -0.4 is 0 Å². The first-order valence-electron chi connectivity index (χ1n) is 3.20. The van der Waals surface area contributed by atoms with Crippen LogP contribution in [0.5, 0.6) is 0 Å². The van der Waals surface area contributed by atoms with Crippen molar-refractivity contribution >= 4 is 15.9 Å². The van der Waals surface area contributed by atoms with E-state index < -0.39 is 0 Å². The molecule has 0 fully saturated rings. The van der Waals surface area contributed by atoms with Crippen molar-refractivity contribution in [1.82, 2.24) is 0 Å². The maximum Gasteiger partial charge on any atom is 0.0944 e. The lowest BCUT2D eigenvalue weighted by atomic mass is 10.2. The summed E-state index contributed by atoms with van der Waals surface area (Å²) in [5.74, 6) is 0. The number of hydrogen-bond donors (Lipinski definition) is 0. The van der Waals surface area contributed by atoms with Crippen LogP contribution in [0.15, 0.2) is 36.0 Å². The normalized spacial score (nSPS) is 12.5. The molecule has 0 aromatic carbocycles. The second-order valence-corrected chi connectivity index (χ2v) is 2.61. The van der Waals surface area contributed by atoms with E-state index in [0.717, 1.165) is 10.9 Å². The van der Waals surface area contributed by atoms with Gasteiger partial charge in [0, 0.05) is 10.9 Å². The highest BCUT2D eigenvalue weighted by molar-refractivity contribution is 9.09. The Morgan fingerprint density at radius 2 is 2.36 bits per heavy atom. The van der Waals surface area contributed by atoms with Gasteiger partial charge in [-0.25, -0.2) is 0 Å². The summed E-state index contributed by atoms with van der Waals surface area (Å²) in [7, 11) is 0. The number of halogens is 1. The molecule has 0 unspecified atom stereocenters. The van der Waals surface area contributed by atoms with E-state index in [9.17, 15) is 0 Å². The first-order chi connectivity index (χ1) is 5.24. The minimum absolute atomic E-state index is 0.706. The van der Waals surface area contributed by atoms with Gasteiger partial charge in [-0.15, -0.1) is 0 Å². The van der Waals surface area contributed by atoms with Crippen molar-refractivity contribution in [1.29, 1.82) is 5.26 Å². The van der Waals surface area contributed by atoms with E-state index in [4.69, 9.17) is 5.26 Å². The van der Waals surface area contributed by atoms with Crippen LogP contribution in [-0.2, 0) is 0 Å². The Hall–Kier alpha value is -0.810. The Balaban J connectivity index is 4.45. The molecule has 11 heavy (non-hydrogen) atoms. The molecule has 0 heterocycles. The van der Waals surface area contributed by atoms with Crippen molar-refractivity contribution in [2.24, 2.45) is 0 Å². The highest BCUT2D eigenvalue weighted by Crippen LogP contribution is 2.05. The van der Waals surface area contributed by atoms with Crippen molar-refractivity contribution in [3.63, 3.8) is 0 Å². The van der Waals surface area contributed by atoms with Gasteiger partial charge in [-0.05, 0) is 18.6 Å². The van der Waals surface area contributed by atoms with Crippen LogP contribution in [0.25, 0.3) is 0 Å². The molecule has 0 bridgehead atoms. The minimum atomic E-state index is 0.706.